The van der Waals surface area contributed by atoms with E-state index in [1.807, 2.05) is 60.7 Å². The number of nitrogens with one attached hydrogen (secondary N) is 2. The summed E-state index contributed by atoms with van der Waals surface area (Å²) in [6.07, 6.45) is 3.44. The number of hydrogen-bond donors (Lipinski definition) is 2. The van der Waals surface area contributed by atoms with E-state index in [0.29, 0.717) is 13.1 Å². The van der Waals surface area contributed by atoms with Crippen LogP contribution in [-0.4, -0.2) is 37.1 Å². The van der Waals surface area contributed by atoms with Crippen molar-refractivity contribution in [2.75, 3.05) is 13.1 Å². The van der Waals surface area contributed by atoms with E-state index in [9.17, 15) is 9.59 Å². The Kier molecular flexibility index (Phi) is 8.78. The molecule has 4 unspecified atom stereocenters. The van der Waals surface area contributed by atoms with Crippen LogP contribution in [0.1, 0.15) is 11.1 Å². The second-order valence-corrected chi connectivity index (χ2v) is 7.68. The third kappa shape index (κ3) is 5.93. The second-order valence-electron chi connectivity index (χ2n) is 7.68. The molecule has 0 aliphatic heterocycles. The van der Waals surface area contributed by atoms with Crippen LogP contribution in [0.5, 0.6) is 0 Å². The predicted molar refractivity (Wildman–Crippen MR) is 123 cm³/mol. The van der Waals surface area contributed by atoms with Gasteiger partial charge in [0.25, 0.3) is 0 Å². The zero-order valence-corrected chi connectivity index (χ0v) is 18.1. The smallest absolute Gasteiger partial charge is 0.311 e. The Hall–Kier alpha value is -3.22. The Morgan fingerprint density at radius 3 is 1.44 bits per heavy atom. The van der Waals surface area contributed by atoms with E-state index in [-0.39, 0.29) is 25.3 Å². The highest BCUT2D eigenvalue weighted by molar-refractivity contribution is 5.86. The monoisotopic (exact) mass is 434 g/mol. The highest BCUT2D eigenvalue weighted by Crippen LogP contribution is 2.38. The summed E-state index contributed by atoms with van der Waals surface area (Å²) in [7, 11) is 0. The summed E-state index contributed by atoms with van der Waals surface area (Å²) in [5.41, 5.74) is 1.78. The molecule has 0 bridgehead atoms. The van der Waals surface area contributed by atoms with Gasteiger partial charge in [-0.15, -0.1) is 13.2 Å². The average Bonchev–Trinajstić information content (AvgIpc) is 2.82. The molecule has 0 saturated heterocycles. The van der Waals surface area contributed by atoms with Crippen LogP contribution < -0.4 is 10.6 Å². The molecular formula is C26H30N2O4. The normalized spacial score (nSPS) is 21.8. The molecule has 6 heteroatoms. The molecule has 2 aromatic carbocycles. The standard InChI is InChI=1S/C26H30N2O4/c1-3-15-27-23-21(25(29)31-17-19-11-7-5-8-12-19)22(24(23)28-16-4-2)26(30)32-18-20-13-9-6-10-14-20/h3-14,21-24,27-28H,1-2,15-18H2. The Labute approximate surface area is 189 Å². The highest BCUT2D eigenvalue weighted by atomic mass is 16.5. The first kappa shape index (κ1) is 23.4. The molecule has 0 radical (unpaired) electrons. The maximum absolute atomic E-state index is 13.0. The van der Waals surface area contributed by atoms with Crippen molar-refractivity contribution in [3.05, 3.63) is 97.1 Å². The predicted octanol–water partition coefficient (Wildman–Crippen LogP) is 3.01. The lowest BCUT2D eigenvalue weighted by atomic mass is 9.64. The SMILES string of the molecule is C=CCNC1C(NCC=C)C(C(=O)OCc2ccccc2)C1C(=O)OCc1ccccc1. The van der Waals surface area contributed by atoms with E-state index >= 15 is 0 Å². The van der Waals surface area contributed by atoms with Crippen molar-refractivity contribution in [2.45, 2.75) is 25.3 Å². The number of ether oxygens (including phenoxy) is 2. The molecule has 1 saturated carbocycles. The molecular weight excluding hydrogens is 404 g/mol. The number of benzene rings is 2. The van der Waals surface area contributed by atoms with Crippen molar-refractivity contribution >= 4 is 11.9 Å². The van der Waals surface area contributed by atoms with Crippen molar-refractivity contribution in [3.63, 3.8) is 0 Å². The maximum atomic E-state index is 13.0. The lowest BCUT2D eigenvalue weighted by molar-refractivity contribution is -0.175. The first-order valence-corrected chi connectivity index (χ1v) is 10.8. The van der Waals surface area contributed by atoms with Gasteiger partial charge >= 0.3 is 11.9 Å². The minimum atomic E-state index is -0.663. The molecule has 0 spiro atoms. The summed E-state index contributed by atoms with van der Waals surface area (Å²) in [5, 5.41) is 6.58. The quantitative estimate of drug-likeness (QED) is 0.395. The Bertz CT molecular complexity index is 825. The first-order valence-electron chi connectivity index (χ1n) is 10.8. The van der Waals surface area contributed by atoms with Gasteiger partial charge in [-0.1, -0.05) is 72.8 Å². The number of esters is 2. The highest BCUT2D eigenvalue weighted by Gasteiger charge is 2.58. The fourth-order valence-electron chi connectivity index (χ4n) is 3.93. The summed E-state index contributed by atoms with van der Waals surface area (Å²) >= 11 is 0. The Balaban J connectivity index is 1.72. The van der Waals surface area contributed by atoms with Crippen molar-refractivity contribution in [1.82, 2.24) is 10.6 Å². The Morgan fingerprint density at radius 1 is 0.719 bits per heavy atom. The van der Waals surface area contributed by atoms with Gasteiger partial charge in [-0.25, -0.2) is 0 Å². The molecule has 0 aromatic heterocycles. The van der Waals surface area contributed by atoms with Gasteiger partial charge in [-0.05, 0) is 11.1 Å². The van der Waals surface area contributed by atoms with Crippen LogP contribution in [0.25, 0.3) is 0 Å². The van der Waals surface area contributed by atoms with Crippen LogP contribution in [0.4, 0.5) is 0 Å². The van der Waals surface area contributed by atoms with E-state index < -0.39 is 23.8 Å². The summed E-state index contributed by atoms with van der Waals surface area (Å²) in [5.74, 6) is -2.17. The third-order valence-electron chi connectivity index (χ3n) is 5.54. The van der Waals surface area contributed by atoms with Gasteiger partial charge in [0.2, 0.25) is 0 Å². The lowest BCUT2D eigenvalue weighted by Gasteiger charge is -2.49. The molecule has 1 fully saturated rings. The average molecular weight is 435 g/mol. The molecule has 3 rings (SSSR count). The van der Waals surface area contributed by atoms with Crippen LogP contribution in [-0.2, 0) is 32.3 Å². The molecule has 1 aliphatic rings. The Morgan fingerprint density at radius 2 is 1.09 bits per heavy atom. The van der Waals surface area contributed by atoms with Crippen LogP contribution in [0.3, 0.4) is 0 Å². The van der Waals surface area contributed by atoms with Crippen LogP contribution in [0.15, 0.2) is 86.0 Å². The van der Waals surface area contributed by atoms with Gasteiger partial charge < -0.3 is 20.1 Å². The van der Waals surface area contributed by atoms with Gasteiger partial charge in [0.1, 0.15) is 13.2 Å². The van der Waals surface area contributed by atoms with Crippen LogP contribution >= 0.6 is 0 Å². The van der Waals surface area contributed by atoms with Gasteiger partial charge in [-0.2, -0.15) is 0 Å². The summed E-state index contributed by atoms with van der Waals surface area (Å²) in [6, 6.07) is 18.4. The molecule has 4 atom stereocenters. The number of hydrogen-bond acceptors (Lipinski definition) is 6. The molecule has 32 heavy (non-hydrogen) atoms. The van der Waals surface area contributed by atoms with E-state index in [2.05, 4.69) is 23.8 Å². The fourth-order valence-corrected chi connectivity index (χ4v) is 3.93. The molecule has 1 aliphatic carbocycles. The van der Waals surface area contributed by atoms with Crippen molar-refractivity contribution < 1.29 is 19.1 Å². The lowest BCUT2D eigenvalue weighted by Crippen LogP contribution is -2.72. The molecule has 6 nitrogen and oxygen atoms in total. The maximum Gasteiger partial charge on any atom is 0.311 e. The van der Waals surface area contributed by atoms with E-state index in [1.54, 1.807) is 12.2 Å². The second kappa shape index (κ2) is 12.0. The van der Waals surface area contributed by atoms with Crippen LogP contribution in [0, 0.1) is 11.8 Å². The molecule has 0 amide bonds. The van der Waals surface area contributed by atoms with Crippen LogP contribution in [0.2, 0.25) is 0 Å². The minimum absolute atomic E-state index is 0.154. The minimum Gasteiger partial charge on any atom is -0.461 e. The summed E-state index contributed by atoms with van der Waals surface area (Å²) in [6.45, 7) is 8.79. The van der Waals surface area contributed by atoms with Gasteiger partial charge in [0, 0.05) is 25.2 Å². The van der Waals surface area contributed by atoms with Gasteiger partial charge in [-0.3, -0.25) is 9.59 Å². The van der Waals surface area contributed by atoms with E-state index in [1.165, 1.54) is 0 Å². The molecule has 168 valence electrons. The first-order chi connectivity index (χ1) is 15.7. The fraction of sp³-hybridized carbons (Fsp3) is 0.308. The largest absolute Gasteiger partial charge is 0.461 e. The molecule has 2 aromatic rings. The third-order valence-corrected chi connectivity index (χ3v) is 5.54. The van der Waals surface area contributed by atoms with Crippen molar-refractivity contribution in [1.29, 1.82) is 0 Å². The van der Waals surface area contributed by atoms with Crippen molar-refractivity contribution in [3.8, 4) is 0 Å². The summed E-state index contributed by atoms with van der Waals surface area (Å²) in [4.78, 5) is 26.1. The van der Waals surface area contributed by atoms with E-state index in [4.69, 9.17) is 9.47 Å². The van der Waals surface area contributed by atoms with E-state index in [0.717, 1.165) is 11.1 Å². The summed E-state index contributed by atoms with van der Waals surface area (Å²) < 4.78 is 11.2. The zero-order chi connectivity index (χ0) is 22.8. The molecule has 0 heterocycles. The number of rotatable bonds is 12. The van der Waals surface area contributed by atoms with Gasteiger partial charge in [0.15, 0.2) is 0 Å². The topological polar surface area (TPSA) is 76.7 Å². The zero-order valence-electron chi connectivity index (χ0n) is 18.1. The number of carbonyl (C=O) groups is 2. The van der Waals surface area contributed by atoms with Gasteiger partial charge in [0.05, 0.1) is 11.8 Å². The number of carbonyl (C=O) groups excluding carboxylic acids is 2. The molecule has 2 N–H and O–H groups in total. The van der Waals surface area contributed by atoms with Crippen molar-refractivity contribution in [2.24, 2.45) is 11.8 Å².